The quantitative estimate of drug-likeness (QED) is 0.884. The fourth-order valence-corrected chi connectivity index (χ4v) is 2.59. The van der Waals surface area contributed by atoms with Crippen molar-refractivity contribution in [3.05, 3.63) is 34.3 Å². The molecule has 1 fully saturated rings. The third-order valence-electron chi connectivity index (χ3n) is 3.22. The Morgan fingerprint density at radius 1 is 1.33 bits per heavy atom. The van der Waals surface area contributed by atoms with E-state index in [1.807, 2.05) is 7.05 Å². The van der Waals surface area contributed by atoms with Crippen LogP contribution in [0.5, 0.6) is 0 Å². The molecule has 0 aromatic heterocycles. The molecule has 0 aliphatic heterocycles. The van der Waals surface area contributed by atoms with Crippen molar-refractivity contribution >= 4 is 15.9 Å². The number of hydrogen-bond acceptors (Lipinski definition) is 2. The van der Waals surface area contributed by atoms with E-state index in [0.29, 0.717) is 18.0 Å². The molecule has 3 N–H and O–H groups in total. The molecule has 15 heavy (non-hydrogen) atoms. The average Bonchev–Trinajstić information content (AvgIpc) is 2.19. The Morgan fingerprint density at radius 3 is 2.40 bits per heavy atom. The van der Waals surface area contributed by atoms with Crippen molar-refractivity contribution in [3.63, 3.8) is 0 Å². The second kappa shape index (κ2) is 4.64. The van der Waals surface area contributed by atoms with Gasteiger partial charge in [-0.3, -0.25) is 0 Å². The molecule has 0 heterocycles. The van der Waals surface area contributed by atoms with E-state index in [1.54, 1.807) is 0 Å². The Balaban J connectivity index is 2.09. The molecule has 1 aromatic rings. The van der Waals surface area contributed by atoms with Crippen molar-refractivity contribution in [2.24, 2.45) is 11.7 Å². The summed E-state index contributed by atoms with van der Waals surface area (Å²) in [6, 6.07) is 9.42. The van der Waals surface area contributed by atoms with E-state index in [2.05, 4.69) is 45.5 Å². The molecule has 0 amide bonds. The molecule has 1 unspecified atom stereocenters. The zero-order valence-electron chi connectivity index (χ0n) is 8.91. The van der Waals surface area contributed by atoms with Crippen LogP contribution in [0.25, 0.3) is 0 Å². The van der Waals surface area contributed by atoms with E-state index in [4.69, 9.17) is 5.73 Å². The SMILES string of the molecule is CNC(c1ccc(Br)cc1)C1CC(N)C1. The summed E-state index contributed by atoms with van der Waals surface area (Å²) >= 11 is 3.45. The van der Waals surface area contributed by atoms with Gasteiger partial charge in [-0.25, -0.2) is 0 Å². The van der Waals surface area contributed by atoms with Gasteiger partial charge in [0.2, 0.25) is 0 Å². The van der Waals surface area contributed by atoms with Gasteiger partial charge in [0, 0.05) is 16.6 Å². The second-order valence-corrected chi connectivity index (χ2v) is 5.23. The Labute approximate surface area is 99.4 Å². The molecule has 0 spiro atoms. The van der Waals surface area contributed by atoms with Gasteiger partial charge in [0.15, 0.2) is 0 Å². The fourth-order valence-electron chi connectivity index (χ4n) is 2.33. The summed E-state index contributed by atoms with van der Waals surface area (Å²) in [6.07, 6.45) is 2.28. The number of rotatable bonds is 3. The van der Waals surface area contributed by atoms with Crippen molar-refractivity contribution in [1.82, 2.24) is 5.32 Å². The molecule has 1 aliphatic rings. The first kappa shape index (κ1) is 11.1. The summed E-state index contributed by atoms with van der Waals surface area (Å²) in [5.41, 5.74) is 7.19. The number of nitrogens with two attached hydrogens (primary N) is 1. The van der Waals surface area contributed by atoms with Gasteiger partial charge in [-0.2, -0.15) is 0 Å². The Bertz CT molecular complexity index is 317. The minimum atomic E-state index is 0.418. The zero-order chi connectivity index (χ0) is 10.8. The van der Waals surface area contributed by atoms with Crippen LogP contribution >= 0.6 is 15.9 Å². The summed E-state index contributed by atoms with van der Waals surface area (Å²) in [7, 11) is 2.02. The highest BCUT2D eigenvalue weighted by Crippen LogP contribution is 2.37. The van der Waals surface area contributed by atoms with Crippen molar-refractivity contribution in [3.8, 4) is 0 Å². The molecule has 1 saturated carbocycles. The fraction of sp³-hybridized carbons (Fsp3) is 0.500. The molecule has 2 rings (SSSR count). The van der Waals surface area contributed by atoms with Crippen molar-refractivity contribution in [1.29, 1.82) is 0 Å². The smallest absolute Gasteiger partial charge is 0.0347 e. The highest BCUT2D eigenvalue weighted by molar-refractivity contribution is 9.10. The molecule has 1 aliphatic carbocycles. The molecular weight excluding hydrogens is 252 g/mol. The molecule has 0 radical (unpaired) electrons. The molecule has 2 nitrogen and oxygen atoms in total. The third kappa shape index (κ3) is 2.41. The van der Waals surface area contributed by atoms with Crippen LogP contribution < -0.4 is 11.1 Å². The van der Waals surface area contributed by atoms with Gasteiger partial charge in [-0.15, -0.1) is 0 Å². The van der Waals surface area contributed by atoms with Gasteiger partial charge in [0.25, 0.3) is 0 Å². The highest BCUT2D eigenvalue weighted by Gasteiger charge is 2.32. The molecule has 3 heteroatoms. The molecule has 0 bridgehead atoms. The molecule has 1 atom stereocenters. The normalized spacial score (nSPS) is 27.1. The van der Waals surface area contributed by atoms with Crippen LogP contribution in [0.3, 0.4) is 0 Å². The van der Waals surface area contributed by atoms with Crippen LogP contribution in [0.1, 0.15) is 24.4 Å². The predicted molar refractivity (Wildman–Crippen MR) is 66.6 cm³/mol. The predicted octanol–water partition coefficient (Wildman–Crippen LogP) is 2.45. The lowest BCUT2D eigenvalue weighted by Crippen LogP contribution is -2.42. The van der Waals surface area contributed by atoms with Gasteiger partial charge < -0.3 is 11.1 Å². The van der Waals surface area contributed by atoms with E-state index in [1.165, 1.54) is 5.56 Å². The summed E-state index contributed by atoms with van der Waals surface area (Å²) in [6.45, 7) is 0. The number of halogens is 1. The minimum Gasteiger partial charge on any atom is -0.328 e. The van der Waals surface area contributed by atoms with E-state index < -0.39 is 0 Å². The van der Waals surface area contributed by atoms with Gasteiger partial charge in [-0.1, -0.05) is 28.1 Å². The Hall–Kier alpha value is -0.380. The topological polar surface area (TPSA) is 38.0 Å². The van der Waals surface area contributed by atoms with E-state index in [-0.39, 0.29) is 0 Å². The Morgan fingerprint density at radius 2 is 1.93 bits per heavy atom. The largest absolute Gasteiger partial charge is 0.328 e. The van der Waals surface area contributed by atoms with Gasteiger partial charge >= 0.3 is 0 Å². The van der Waals surface area contributed by atoms with Gasteiger partial charge in [0.05, 0.1) is 0 Å². The third-order valence-corrected chi connectivity index (χ3v) is 3.75. The summed E-state index contributed by atoms with van der Waals surface area (Å²) in [5, 5.41) is 3.39. The van der Waals surface area contributed by atoms with Crippen LogP contribution in [0.15, 0.2) is 28.7 Å². The first-order valence-electron chi connectivity index (χ1n) is 5.39. The van der Waals surface area contributed by atoms with Crippen LogP contribution in [0, 0.1) is 5.92 Å². The molecule has 0 saturated heterocycles. The maximum absolute atomic E-state index is 5.83. The molecular formula is C12H17BrN2. The summed E-state index contributed by atoms with van der Waals surface area (Å²) < 4.78 is 1.13. The van der Waals surface area contributed by atoms with E-state index in [0.717, 1.165) is 17.3 Å². The summed E-state index contributed by atoms with van der Waals surface area (Å²) in [4.78, 5) is 0. The summed E-state index contributed by atoms with van der Waals surface area (Å²) in [5.74, 6) is 0.700. The number of hydrogen-bond donors (Lipinski definition) is 2. The van der Waals surface area contributed by atoms with E-state index in [9.17, 15) is 0 Å². The van der Waals surface area contributed by atoms with Gasteiger partial charge in [-0.05, 0) is 43.5 Å². The van der Waals surface area contributed by atoms with Crippen molar-refractivity contribution < 1.29 is 0 Å². The van der Waals surface area contributed by atoms with E-state index >= 15 is 0 Å². The molecule has 82 valence electrons. The van der Waals surface area contributed by atoms with Crippen molar-refractivity contribution in [2.75, 3.05) is 7.05 Å². The number of nitrogens with one attached hydrogen (secondary N) is 1. The minimum absolute atomic E-state index is 0.418. The maximum Gasteiger partial charge on any atom is 0.0347 e. The average molecular weight is 269 g/mol. The highest BCUT2D eigenvalue weighted by atomic mass is 79.9. The standard InChI is InChI=1S/C12H17BrN2/c1-15-12(9-6-11(14)7-9)8-2-4-10(13)5-3-8/h2-5,9,11-12,15H,6-7,14H2,1H3. The van der Waals surface area contributed by atoms with Crippen LogP contribution in [-0.2, 0) is 0 Å². The first-order valence-corrected chi connectivity index (χ1v) is 6.18. The van der Waals surface area contributed by atoms with Gasteiger partial charge in [0.1, 0.15) is 0 Å². The van der Waals surface area contributed by atoms with Crippen LogP contribution in [0.4, 0.5) is 0 Å². The molecule has 1 aromatic carbocycles. The lowest BCUT2D eigenvalue weighted by molar-refractivity contribution is 0.204. The van der Waals surface area contributed by atoms with Crippen LogP contribution in [-0.4, -0.2) is 13.1 Å². The lowest BCUT2D eigenvalue weighted by Gasteiger charge is -2.38. The first-order chi connectivity index (χ1) is 7.20. The monoisotopic (exact) mass is 268 g/mol. The zero-order valence-corrected chi connectivity index (χ0v) is 10.5. The second-order valence-electron chi connectivity index (χ2n) is 4.31. The van der Waals surface area contributed by atoms with Crippen molar-refractivity contribution in [2.45, 2.75) is 24.9 Å². The number of benzene rings is 1. The maximum atomic E-state index is 5.83. The van der Waals surface area contributed by atoms with Crippen LogP contribution in [0.2, 0.25) is 0 Å². The lowest BCUT2D eigenvalue weighted by atomic mass is 9.74. The Kier molecular flexibility index (Phi) is 3.44.